The van der Waals surface area contributed by atoms with Crippen LogP contribution in [0.25, 0.3) is 0 Å². The number of ether oxygens (including phenoxy) is 1. The Morgan fingerprint density at radius 1 is 1.67 bits per heavy atom. The van der Waals surface area contributed by atoms with Gasteiger partial charge in [-0.3, -0.25) is 4.79 Å². The third-order valence-electron chi connectivity index (χ3n) is 1.05. The molecule has 0 aliphatic carbocycles. The van der Waals surface area contributed by atoms with Gasteiger partial charge >= 0.3 is 5.97 Å². The van der Waals surface area contributed by atoms with Crippen LogP contribution in [0.2, 0.25) is 0 Å². The predicted octanol–water partition coefficient (Wildman–Crippen LogP) is 0.643. The maximum Gasteiger partial charge on any atom is 0.316 e. The number of hydrogen-bond acceptors (Lipinski definition) is 6. The van der Waals surface area contributed by atoms with E-state index in [9.17, 15) is 4.79 Å². The van der Waals surface area contributed by atoms with Gasteiger partial charge in [0, 0.05) is 6.92 Å². The summed E-state index contributed by atoms with van der Waals surface area (Å²) in [4.78, 5) is 10.7. The highest BCUT2D eigenvalue weighted by Crippen LogP contribution is 2.15. The Morgan fingerprint density at radius 2 is 2.42 bits per heavy atom. The molecule has 1 aromatic rings. The van der Waals surface area contributed by atoms with Gasteiger partial charge in [-0.05, 0) is 0 Å². The summed E-state index contributed by atoms with van der Waals surface area (Å²) < 4.78 is 9.44. The third-order valence-corrected chi connectivity index (χ3v) is 1.84. The Morgan fingerprint density at radius 3 is 2.92 bits per heavy atom. The molecule has 1 rings (SSSR count). The molecular weight excluding hydrogens is 180 g/mol. The first-order valence-corrected chi connectivity index (χ1v) is 4.20. The van der Waals surface area contributed by atoms with Crippen LogP contribution in [0.15, 0.2) is 9.64 Å². The number of carbonyl (C=O) groups excluding carboxylic acids is 1. The molecule has 0 aromatic carbocycles. The summed E-state index contributed by atoms with van der Waals surface area (Å²) in [5, 5.41) is 7.68. The van der Waals surface area contributed by atoms with Gasteiger partial charge in [0.1, 0.15) is 5.75 Å². The lowest BCUT2D eigenvalue weighted by Gasteiger charge is -1.93. The van der Waals surface area contributed by atoms with Gasteiger partial charge in [-0.2, -0.15) is 0 Å². The molecule has 12 heavy (non-hydrogen) atoms. The molecule has 0 spiro atoms. The van der Waals surface area contributed by atoms with Crippen molar-refractivity contribution in [1.29, 1.82) is 0 Å². The maximum atomic E-state index is 10.7. The first kappa shape index (κ1) is 9.05. The Bertz CT molecular complexity index is 274. The molecule has 0 aliphatic heterocycles. The number of esters is 1. The van der Waals surface area contributed by atoms with E-state index in [2.05, 4.69) is 14.9 Å². The van der Waals surface area contributed by atoms with Crippen molar-refractivity contribution in [3.8, 4) is 0 Å². The Kier molecular flexibility index (Phi) is 3.09. The molecule has 1 aromatic heterocycles. The van der Waals surface area contributed by atoms with Crippen LogP contribution in [0.4, 0.5) is 0 Å². The van der Waals surface area contributed by atoms with Gasteiger partial charge in [-0.25, -0.2) is 0 Å². The van der Waals surface area contributed by atoms with Crippen LogP contribution < -0.4 is 0 Å². The van der Waals surface area contributed by atoms with Crippen LogP contribution >= 0.6 is 11.8 Å². The van der Waals surface area contributed by atoms with Gasteiger partial charge in [0.05, 0.1) is 7.11 Å². The Labute approximate surface area is 73.5 Å². The van der Waals surface area contributed by atoms with Crippen molar-refractivity contribution in [3.63, 3.8) is 0 Å². The minimum atomic E-state index is -0.309. The third kappa shape index (κ3) is 2.54. The molecule has 0 saturated carbocycles. The molecule has 5 nitrogen and oxygen atoms in total. The number of rotatable bonds is 3. The molecule has 0 radical (unpaired) electrons. The zero-order valence-electron chi connectivity index (χ0n) is 6.73. The highest BCUT2D eigenvalue weighted by molar-refractivity contribution is 7.99. The first-order valence-electron chi connectivity index (χ1n) is 3.22. The van der Waals surface area contributed by atoms with Crippen LogP contribution in [-0.4, -0.2) is 29.0 Å². The zero-order chi connectivity index (χ0) is 8.97. The number of nitrogens with zero attached hydrogens (tertiary/aromatic N) is 2. The van der Waals surface area contributed by atoms with Gasteiger partial charge in [0.2, 0.25) is 5.89 Å². The van der Waals surface area contributed by atoms with Crippen molar-refractivity contribution in [2.24, 2.45) is 0 Å². The molecule has 0 unspecified atom stereocenters. The molecular formula is C6H8N2O3S. The van der Waals surface area contributed by atoms with Crippen molar-refractivity contribution in [2.75, 3.05) is 12.9 Å². The molecule has 0 N–H and O–H groups in total. The number of methoxy groups -OCH3 is 1. The fraction of sp³-hybridized carbons (Fsp3) is 0.500. The Balaban J connectivity index is 2.38. The summed E-state index contributed by atoms with van der Waals surface area (Å²) in [7, 11) is 1.34. The molecule has 66 valence electrons. The lowest BCUT2D eigenvalue weighted by atomic mass is 10.8. The summed E-state index contributed by atoms with van der Waals surface area (Å²) in [6, 6.07) is 0. The second kappa shape index (κ2) is 4.10. The SMILES string of the molecule is COC(=O)CSc1nnc(C)o1. The summed E-state index contributed by atoms with van der Waals surface area (Å²) in [5.41, 5.74) is 0. The first-order chi connectivity index (χ1) is 5.72. The summed E-state index contributed by atoms with van der Waals surface area (Å²) in [6.07, 6.45) is 0. The minimum Gasteiger partial charge on any atom is -0.468 e. The van der Waals surface area contributed by atoms with Gasteiger partial charge in [-0.1, -0.05) is 11.8 Å². The fourth-order valence-electron chi connectivity index (χ4n) is 0.516. The molecule has 1 heterocycles. The Hall–Kier alpha value is -1.04. The van der Waals surface area contributed by atoms with Crippen LogP contribution in [0.1, 0.15) is 5.89 Å². The van der Waals surface area contributed by atoms with Crippen molar-refractivity contribution < 1.29 is 13.9 Å². The average Bonchev–Trinajstić information content (AvgIpc) is 2.47. The highest BCUT2D eigenvalue weighted by atomic mass is 32.2. The van der Waals surface area contributed by atoms with Crippen molar-refractivity contribution in [2.45, 2.75) is 12.1 Å². The van der Waals surface area contributed by atoms with E-state index >= 15 is 0 Å². The molecule has 0 aliphatic rings. The lowest BCUT2D eigenvalue weighted by Crippen LogP contribution is -2.02. The van der Waals surface area contributed by atoms with Gasteiger partial charge in [0.25, 0.3) is 5.22 Å². The number of thioether (sulfide) groups is 1. The van der Waals surface area contributed by atoms with Crippen LogP contribution in [0.3, 0.4) is 0 Å². The molecule has 6 heteroatoms. The zero-order valence-corrected chi connectivity index (χ0v) is 7.55. The van der Waals surface area contributed by atoms with Crippen LogP contribution in [0.5, 0.6) is 0 Å². The van der Waals surface area contributed by atoms with E-state index < -0.39 is 0 Å². The second-order valence-corrected chi connectivity index (χ2v) is 2.88. The van der Waals surface area contributed by atoms with E-state index in [1.807, 2.05) is 0 Å². The number of aryl methyl sites for hydroxylation is 1. The second-order valence-electron chi connectivity index (χ2n) is 1.95. The summed E-state index contributed by atoms with van der Waals surface area (Å²) >= 11 is 1.16. The largest absolute Gasteiger partial charge is 0.468 e. The fourth-order valence-corrected chi connectivity index (χ4v) is 1.15. The molecule has 0 amide bonds. The van der Waals surface area contributed by atoms with E-state index in [1.54, 1.807) is 6.92 Å². The van der Waals surface area contributed by atoms with E-state index in [0.29, 0.717) is 11.1 Å². The highest BCUT2D eigenvalue weighted by Gasteiger charge is 2.06. The molecule has 0 fully saturated rings. The average molecular weight is 188 g/mol. The van der Waals surface area contributed by atoms with E-state index in [0.717, 1.165) is 11.8 Å². The molecule has 0 atom stereocenters. The maximum absolute atomic E-state index is 10.7. The molecule has 0 bridgehead atoms. The summed E-state index contributed by atoms with van der Waals surface area (Å²) in [5.74, 6) is 0.371. The topological polar surface area (TPSA) is 65.2 Å². The van der Waals surface area contributed by atoms with Crippen molar-refractivity contribution >= 4 is 17.7 Å². The quantitative estimate of drug-likeness (QED) is 0.512. The smallest absolute Gasteiger partial charge is 0.316 e. The molecule has 0 saturated heterocycles. The van der Waals surface area contributed by atoms with E-state index in [4.69, 9.17) is 4.42 Å². The lowest BCUT2D eigenvalue weighted by molar-refractivity contribution is -0.137. The van der Waals surface area contributed by atoms with Crippen molar-refractivity contribution in [3.05, 3.63) is 5.89 Å². The summed E-state index contributed by atoms with van der Waals surface area (Å²) in [6.45, 7) is 1.69. The minimum absolute atomic E-state index is 0.193. The number of aromatic nitrogens is 2. The van der Waals surface area contributed by atoms with Gasteiger partial charge < -0.3 is 9.15 Å². The predicted molar refractivity (Wildman–Crippen MR) is 41.8 cm³/mol. The number of carbonyl (C=O) groups is 1. The van der Waals surface area contributed by atoms with Gasteiger partial charge in [0.15, 0.2) is 0 Å². The standard InChI is InChI=1S/C6H8N2O3S/c1-4-7-8-6(11-4)12-3-5(9)10-2/h3H2,1-2H3. The van der Waals surface area contributed by atoms with Crippen LogP contribution in [0, 0.1) is 6.92 Å². The normalized spacial score (nSPS) is 9.83. The van der Waals surface area contributed by atoms with Crippen LogP contribution in [-0.2, 0) is 9.53 Å². The monoisotopic (exact) mass is 188 g/mol. The number of hydrogen-bond donors (Lipinski definition) is 0. The van der Waals surface area contributed by atoms with Crippen molar-refractivity contribution in [1.82, 2.24) is 10.2 Å². The van der Waals surface area contributed by atoms with E-state index in [-0.39, 0.29) is 11.7 Å². The van der Waals surface area contributed by atoms with Gasteiger partial charge in [-0.15, -0.1) is 10.2 Å². The van der Waals surface area contributed by atoms with E-state index in [1.165, 1.54) is 7.11 Å².